The first-order chi connectivity index (χ1) is 7.70. The molecule has 16 heavy (non-hydrogen) atoms. The van der Waals surface area contributed by atoms with E-state index in [0.29, 0.717) is 5.02 Å². The molecule has 1 heterocycles. The van der Waals surface area contributed by atoms with Crippen molar-refractivity contribution in [2.75, 3.05) is 11.9 Å². The Morgan fingerprint density at radius 3 is 3.00 bits per heavy atom. The van der Waals surface area contributed by atoms with E-state index in [1.54, 1.807) is 6.20 Å². The lowest BCUT2D eigenvalue weighted by Crippen LogP contribution is -2.19. The molecule has 0 radical (unpaired) electrons. The number of hydrogen-bond donors (Lipinski definition) is 2. The second kappa shape index (κ2) is 4.68. The summed E-state index contributed by atoms with van der Waals surface area (Å²) in [6.45, 7) is 2.01. The molecule has 4 heteroatoms. The van der Waals surface area contributed by atoms with Gasteiger partial charge in [-0.2, -0.15) is 0 Å². The fourth-order valence-corrected chi connectivity index (χ4v) is 1.72. The third kappa shape index (κ3) is 2.26. The number of nitrogens with zero attached hydrogens (tertiary/aromatic N) is 1. The predicted molar refractivity (Wildman–Crippen MR) is 66.9 cm³/mol. The zero-order chi connectivity index (χ0) is 11.5. The number of rotatable bonds is 3. The summed E-state index contributed by atoms with van der Waals surface area (Å²) in [5.41, 5.74) is 1.81. The molecule has 1 aromatic heterocycles. The summed E-state index contributed by atoms with van der Waals surface area (Å²) < 4.78 is 0. The second-order valence-electron chi connectivity index (χ2n) is 3.75. The molecule has 1 atom stereocenters. The molecule has 0 saturated heterocycles. The molecule has 0 aliphatic heterocycles. The van der Waals surface area contributed by atoms with Gasteiger partial charge in [-0.3, -0.25) is 4.98 Å². The quantitative estimate of drug-likeness (QED) is 0.861. The van der Waals surface area contributed by atoms with E-state index in [1.165, 1.54) is 0 Å². The molecular formula is C12H13ClN2O. The molecule has 0 fully saturated rings. The molecule has 2 rings (SSSR count). The van der Waals surface area contributed by atoms with E-state index in [-0.39, 0.29) is 12.6 Å². The van der Waals surface area contributed by atoms with Gasteiger partial charge in [-0.25, -0.2) is 0 Å². The summed E-state index contributed by atoms with van der Waals surface area (Å²) in [5.74, 6) is 0. The Morgan fingerprint density at radius 2 is 2.25 bits per heavy atom. The maximum Gasteiger partial charge on any atom is 0.0737 e. The van der Waals surface area contributed by atoms with Crippen LogP contribution in [0, 0.1) is 0 Å². The largest absolute Gasteiger partial charge is 0.394 e. The molecule has 2 aromatic rings. The smallest absolute Gasteiger partial charge is 0.0737 e. The van der Waals surface area contributed by atoms with Gasteiger partial charge in [-0.1, -0.05) is 11.6 Å². The van der Waals surface area contributed by atoms with E-state index < -0.39 is 0 Å². The summed E-state index contributed by atoms with van der Waals surface area (Å²) in [4.78, 5) is 4.25. The zero-order valence-electron chi connectivity index (χ0n) is 8.94. The minimum atomic E-state index is 0.0151. The molecule has 0 spiro atoms. The summed E-state index contributed by atoms with van der Waals surface area (Å²) in [6, 6.07) is 7.49. The molecule has 1 unspecified atom stereocenters. The van der Waals surface area contributed by atoms with Crippen molar-refractivity contribution < 1.29 is 5.11 Å². The summed E-state index contributed by atoms with van der Waals surface area (Å²) in [5, 5.41) is 13.9. The predicted octanol–water partition coefficient (Wildman–Crippen LogP) is 2.68. The van der Waals surface area contributed by atoms with Crippen LogP contribution in [0.1, 0.15) is 6.92 Å². The zero-order valence-corrected chi connectivity index (χ0v) is 9.70. The normalized spacial score (nSPS) is 12.7. The van der Waals surface area contributed by atoms with Gasteiger partial charge in [0.15, 0.2) is 0 Å². The average molecular weight is 237 g/mol. The van der Waals surface area contributed by atoms with Gasteiger partial charge in [0, 0.05) is 28.3 Å². The molecular weight excluding hydrogens is 224 g/mol. The average Bonchev–Trinajstić information content (AvgIpc) is 2.28. The monoisotopic (exact) mass is 236 g/mol. The number of benzene rings is 1. The maximum atomic E-state index is 9.01. The Morgan fingerprint density at radius 1 is 1.44 bits per heavy atom. The summed E-state index contributed by atoms with van der Waals surface area (Å²) in [6.07, 6.45) is 1.73. The van der Waals surface area contributed by atoms with Gasteiger partial charge in [0.1, 0.15) is 0 Å². The van der Waals surface area contributed by atoms with Gasteiger partial charge < -0.3 is 10.4 Å². The van der Waals surface area contributed by atoms with E-state index >= 15 is 0 Å². The molecule has 84 valence electrons. The van der Waals surface area contributed by atoms with Crippen molar-refractivity contribution in [2.24, 2.45) is 0 Å². The number of aromatic nitrogens is 1. The lowest BCUT2D eigenvalue weighted by atomic mass is 10.2. The number of anilines is 1. The lowest BCUT2D eigenvalue weighted by Gasteiger charge is -2.14. The molecule has 0 saturated carbocycles. The highest BCUT2D eigenvalue weighted by atomic mass is 35.5. The fraction of sp³-hybridized carbons (Fsp3) is 0.250. The van der Waals surface area contributed by atoms with E-state index in [9.17, 15) is 0 Å². The van der Waals surface area contributed by atoms with Gasteiger partial charge >= 0.3 is 0 Å². The van der Waals surface area contributed by atoms with Crippen molar-refractivity contribution in [3.63, 3.8) is 0 Å². The first kappa shape index (κ1) is 11.2. The standard InChI is InChI=1S/C12H13ClN2O/c1-8(7-16)15-11-4-5-14-12-6-9(13)2-3-10(11)12/h2-6,8,16H,7H2,1H3,(H,14,15). The van der Waals surface area contributed by atoms with Crippen LogP contribution in [0.25, 0.3) is 10.9 Å². The molecule has 1 aromatic carbocycles. The van der Waals surface area contributed by atoms with Gasteiger partial charge in [0.05, 0.1) is 12.1 Å². The van der Waals surface area contributed by atoms with Gasteiger partial charge in [0.25, 0.3) is 0 Å². The maximum absolute atomic E-state index is 9.01. The Labute approximate surface area is 99.1 Å². The van der Waals surface area contributed by atoms with Gasteiger partial charge in [-0.05, 0) is 31.2 Å². The highest BCUT2D eigenvalue weighted by molar-refractivity contribution is 6.31. The first-order valence-electron chi connectivity index (χ1n) is 5.12. The number of hydrogen-bond acceptors (Lipinski definition) is 3. The van der Waals surface area contributed by atoms with Crippen LogP contribution in [0.2, 0.25) is 5.02 Å². The van der Waals surface area contributed by atoms with Gasteiger partial charge in [0.2, 0.25) is 0 Å². The SMILES string of the molecule is CC(CO)Nc1ccnc2cc(Cl)ccc12. The van der Waals surface area contributed by atoms with E-state index in [2.05, 4.69) is 10.3 Å². The number of pyridine rings is 1. The van der Waals surface area contributed by atoms with Crippen LogP contribution in [0.15, 0.2) is 30.5 Å². The van der Waals surface area contributed by atoms with Crippen LogP contribution in [-0.2, 0) is 0 Å². The first-order valence-corrected chi connectivity index (χ1v) is 5.50. The van der Waals surface area contributed by atoms with E-state index in [1.807, 2.05) is 31.2 Å². The van der Waals surface area contributed by atoms with Gasteiger partial charge in [-0.15, -0.1) is 0 Å². The molecule has 0 aliphatic carbocycles. The summed E-state index contributed by atoms with van der Waals surface area (Å²) in [7, 11) is 0. The number of aliphatic hydroxyl groups is 1. The Kier molecular flexibility index (Phi) is 3.27. The Bertz CT molecular complexity index is 501. The van der Waals surface area contributed by atoms with Crippen LogP contribution in [-0.4, -0.2) is 22.7 Å². The van der Waals surface area contributed by atoms with Crippen molar-refractivity contribution in [1.29, 1.82) is 0 Å². The van der Waals surface area contributed by atoms with Crippen LogP contribution in [0.5, 0.6) is 0 Å². The lowest BCUT2D eigenvalue weighted by molar-refractivity contribution is 0.281. The Balaban J connectivity index is 2.45. The Hall–Kier alpha value is -1.32. The third-order valence-corrected chi connectivity index (χ3v) is 2.62. The van der Waals surface area contributed by atoms with Crippen molar-refractivity contribution in [2.45, 2.75) is 13.0 Å². The van der Waals surface area contributed by atoms with Crippen molar-refractivity contribution >= 4 is 28.2 Å². The van der Waals surface area contributed by atoms with Crippen molar-refractivity contribution in [3.05, 3.63) is 35.5 Å². The van der Waals surface area contributed by atoms with Crippen LogP contribution < -0.4 is 5.32 Å². The fourth-order valence-electron chi connectivity index (χ4n) is 1.56. The van der Waals surface area contributed by atoms with Crippen LogP contribution in [0.4, 0.5) is 5.69 Å². The molecule has 3 nitrogen and oxygen atoms in total. The number of halogens is 1. The highest BCUT2D eigenvalue weighted by Gasteiger charge is 2.05. The van der Waals surface area contributed by atoms with Crippen molar-refractivity contribution in [3.8, 4) is 0 Å². The second-order valence-corrected chi connectivity index (χ2v) is 4.18. The van der Waals surface area contributed by atoms with E-state index in [0.717, 1.165) is 16.6 Å². The van der Waals surface area contributed by atoms with E-state index in [4.69, 9.17) is 16.7 Å². The van der Waals surface area contributed by atoms with Crippen molar-refractivity contribution in [1.82, 2.24) is 4.98 Å². The molecule has 0 amide bonds. The topological polar surface area (TPSA) is 45.1 Å². The van der Waals surface area contributed by atoms with Crippen LogP contribution >= 0.6 is 11.6 Å². The number of nitrogens with one attached hydrogen (secondary N) is 1. The minimum absolute atomic E-state index is 0.0151. The minimum Gasteiger partial charge on any atom is -0.394 e. The summed E-state index contributed by atoms with van der Waals surface area (Å²) >= 11 is 5.90. The van der Waals surface area contributed by atoms with Crippen LogP contribution in [0.3, 0.4) is 0 Å². The number of aliphatic hydroxyl groups excluding tert-OH is 1. The number of fused-ring (bicyclic) bond motifs is 1. The highest BCUT2D eigenvalue weighted by Crippen LogP contribution is 2.24. The molecule has 2 N–H and O–H groups in total. The third-order valence-electron chi connectivity index (χ3n) is 2.38. The molecule has 0 bridgehead atoms. The molecule has 0 aliphatic rings.